The van der Waals surface area contributed by atoms with Crippen LogP contribution in [0.5, 0.6) is 0 Å². The molecule has 0 spiro atoms. The van der Waals surface area contributed by atoms with Crippen LogP contribution in [0.2, 0.25) is 0 Å². The number of alkyl halides is 6. The zero-order valence-electron chi connectivity index (χ0n) is 8.15. The molecule has 92 valence electrons. The minimum Gasteiger partial charge on any atom is -0.333 e. The van der Waals surface area contributed by atoms with Crippen LogP contribution in [-0.4, -0.2) is 7.05 Å². The molecule has 0 aliphatic rings. The molecule has 0 heterocycles. The lowest BCUT2D eigenvalue weighted by molar-refractivity contribution is -0.143. The topological polar surface area (TPSA) is 26.0 Å². The van der Waals surface area contributed by atoms with Gasteiger partial charge in [-0.05, 0) is 25.2 Å². The minimum atomic E-state index is -4.75. The van der Waals surface area contributed by atoms with Crippen LogP contribution in [0.1, 0.15) is 11.1 Å². The number of nitrogens with two attached hydrogens (primary N) is 1. The maximum atomic E-state index is 12.0. The van der Waals surface area contributed by atoms with Crippen LogP contribution < -0.4 is 5.73 Å². The van der Waals surface area contributed by atoms with E-state index >= 15 is 0 Å². The second-order valence-corrected chi connectivity index (χ2v) is 2.58. The van der Waals surface area contributed by atoms with Crippen molar-refractivity contribution in [2.45, 2.75) is 12.4 Å². The highest BCUT2D eigenvalue weighted by Crippen LogP contribution is 2.34. The molecule has 0 saturated heterocycles. The van der Waals surface area contributed by atoms with E-state index in [0.717, 1.165) is 6.07 Å². The molecule has 0 saturated carbocycles. The van der Waals surface area contributed by atoms with Gasteiger partial charge in [-0.2, -0.15) is 26.3 Å². The van der Waals surface area contributed by atoms with E-state index in [-0.39, 0.29) is 6.07 Å². The largest absolute Gasteiger partial charge is 0.416 e. The van der Waals surface area contributed by atoms with Gasteiger partial charge < -0.3 is 5.73 Å². The van der Waals surface area contributed by atoms with Gasteiger partial charge in [-0.15, -0.1) is 0 Å². The summed E-state index contributed by atoms with van der Waals surface area (Å²) in [5.74, 6) is 0. The molecule has 0 atom stereocenters. The van der Waals surface area contributed by atoms with E-state index < -0.39 is 23.5 Å². The van der Waals surface area contributed by atoms with Crippen molar-refractivity contribution in [3.05, 3.63) is 35.4 Å². The molecule has 1 rings (SSSR count). The first-order valence-corrected chi connectivity index (χ1v) is 4.03. The fraction of sp³-hybridized carbons (Fsp3) is 0.333. The first-order valence-electron chi connectivity index (χ1n) is 4.03. The molecular weight excluding hydrogens is 236 g/mol. The quantitative estimate of drug-likeness (QED) is 0.697. The summed E-state index contributed by atoms with van der Waals surface area (Å²) in [5, 5.41) is 0. The predicted molar refractivity (Wildman–Crippen MR) is 46.6 cm³/mol. The van der Waals surface area contributed by atoms with Gasteiger partial charge in [0, 0.05) is 0 Å². The highest BCUT2D eigenvalue weighted by molar-refractivity contribution is 5.27. The predicted octanol–water partition coefficient (Wildman–Crippen LogP) is 3.30. The normalized spacial score (nSPS) is 11.8. The van der Waals surface area contributed by atoms with Crippen LogP contribution in [0.3, 0.4) is 0 Å². The van der Waals surface area contributed by atoms with Crippen LogP contribution in [0.4, 0.5) is 26.3 Å². The highest BCUT2D eigenvalue weighted by Gasteiger charge is 2.35. The van der Waals surface area contributed by atoms with Crippen molar-refractivity contribution in [1.82, 2.24) is 0 Å². The molecule has 2 N–H and O–H groups in total. The van der Waals surface area contributed by atoms with Gasteiger partial charge in [0.05, 0.1) is 11.1 Å². The molecule has 0 unspecified atom stereocenters. The van der Waals surface area contributed by atoms with E-state index in [1.807, 2.05) is 0 Å². The molecule has 0 aliphatic carbocycles. The molecule has 0 aliphatic heterocycles. The van der Waals surface area contributed by atoms with Crippen molar-refractivity contribution in [2.24, 2.45) is 5.73 Å². The molecule has 1 nitrogen and oxygen atoms in total. The second-order valence-electron chi connectivity index (χ2n) is 2.58. The molecule has 0 amide bonds. The van der Waals surface area contributed by atoms with Crippen molar-refractivity contribution in [1.29, 1.82) is 0 Å². The van der Waals surface area contributed by atoms with Crippen LogP contribution in [0.15, 0.2) is 24.3 Å². The van der Waals surface area contributed by atoms with Gasteiger partial charge >= 0.3 is 12.4 Å². The molecule has 16 heavy (non-hydrogen) atoms. The van der Waals surface area contributed by atoms with Gasteiger partial charge in [0.2, 0.25) is 0 Å². The summed E-state index contributed by atoms with van der Waals surface area (Å²) in [5.41, 5.74) is 1.90. The zero-order valence-corrected chi connectivity index (χ0v) is 8.15. The number of rotatable bonds is 0. The summed E-state index contributed by atoms with van der Waals surface area (Å²) in [7, 11) is 1.50. The van der Waals surface area contributed by atoms with E-state index in [0.29, 0.717) is 12.1 Å². The lowest BCUT2D eigenvalue weighted by Gasteiger charge is -2.10. The Bertz CT molecular complexity index is 298. The fourth-order valence-corrected chi connectivity index (χ4v) is 0.872. The Morgan fingerprint density at radius 1 is 0.812 bits per heavy atom. The Morgan fingerprint density at radius 3 is 1.38 bits per heavy atom. The van der Waals surface area contributed by atoms with Crippen LogP contribution in [0, 0.1) is 0 Å². The van der Waals surface area contributed by atoms with Gasteiger partial charge in [0.1, 0.15) is 0 Å². The molecule has 7 heteroatoms. The van der Waals surface area contributed by atoms with Gasteiger partial charge in [0.15, 0.2) is 0 Å². The van der Waals surface area contributed by atoms with Gasteiger partial charge in [-0.1, -0.05) is 6.07 Å². The molecule has 0 aromatic heterocycles. The summed E-state index contributed by atoms with van der Waals surface area (Å²) < 4.78 is 71.9. The maximum Gasteiger partial charge on any atom is 0.416 e. The molecule has 0 radical (unpaired) electrons. The lowest BCUT2D eigenvalue weighted by Crippen LogP contribution is -2.09. The first-order chi connectivity index (χ1) is 7.21. The monoisotopic (exact) mass is 245 g/mol. The van der Waals surface area contributed by atoms with Crippen molar-refractivity contribution < 1.29 is 26.3 Å². The number of halogens is 6. The van der Waals surface area contributed by atoms with Crippen molar-refractivity contribution in [3.8, 4) is 0 Å². The zero-order chi connectivity index (χ0) is 13.0. The Kier molecular flexibility index (Phi) is 4.80. The summed E-state index contributed by atoms with van der Waals surface area (Å²) in [4.78, 5) is 0. The number of hydrogen-bond donors (Lipinski definition) is 1. The molecule has 0 bridgehead atoms. The summed E-state index contributed by atoms with van der Waals surface area (Å²) in [6, 6.07) is 2.00. The van der Waals surface area contributed by atoms with Crippen molar-refractivity contribution in [3.63, 3.8) is 0 Å². The van der Waals surface area contributed by atoms with Crippen molar-refractivity contribution in [2.75, 3.05) is 7.05 Å². The van der Waals surface area contributed by atoms with Gasteiger partial charge in [-0.25, -0.2) is 0 Å². The third-order valence-corrected chi connectivity index (χ3v) is 1.52. The lowest BCUT2D eigenvalue weighted by atomic mass is 10.1. The first kappa shape index (κ1) is 14.8. The molecule has 1 aromatic carbocycles. The van der Waals surface area contributed by atoms with E-state index in [2.05, 4.69) is 5.73 Å². The summed E-state index contributed by atoms with van der Waals surface area (Å²) >= 11 is 0. The van der Waals surface area contributed by atoms with Crippen LogP contribution in [0.25, 0.3) is 0 Å². The Hall–Kier alpha value is -1.24. The third kappa shape index (κ3) is 4.09. The number of benzene rings is 1. The Labute approximate surface area is 87.9 Å². The summed E-state index contributed by atoms with van der Waals surface area (Å²) in [6.45, 7) is 0. The van der Waals surface area contributed by atoms with Crippen LogP contribution >= 0.6 is 0 Å². The van der Waals surface area contributed by atoms with E-state index in [9.17, 15) is 26.3 Å². The second kappa shape index (κ2) is 5.20. The van der Waals surface area contributed by atoms with E-state index in [1.165, 1.54) is 7.05 Å². The van der Waals surface area contributed by atoms with E-state index in [4.69, 9.17) is 0 Å². The smallest absolute Gasteiger partial charge is 0.333 e. The maximum absolute atomic E-state index is 12.0. The fourth-order valence-electron chi connectivity index (χ4n) is 0.872. The van der Waals surface area contributed by atoms with Gasteiger partial charge in [-0.3, -0.25) is 0 Å². The summed E-state index contributed by atoms with van der Waals surface area (Å²) in [6.07, 6.45) is -9.50. The SMILES string of the molecule is CN.FC(F)(F)c1cccc(C(F)(F)F)c1. The van der Waals surface area contributed by atoms with Crippen molar-refractivity contribution >= 4 is 0 Å². The molecule has 0 fully saturated rings. The molecule has 1 aromatic rings. The third-order valence-electron chi connectivity index (χ3n) is 1.52. The Balaban J connectivity index is 0.00000106. The average Bonchev–Trinajstić information content (AvgIpc) is 2.18. The average molecular weight is 245 g/mol. The number of hydrogen-bond acceptors (Lipinski definition) is 1. The minimum absolute atomic E-state index is 0.0833. The molecular formula is C9H9F6N. The standard InChI is InChI=1S/C8H4F6.CH5N/c9-7(10,11)5-2-1-3-6(4-5)8(12,13)14;1-2/h1-4H;2H2,1H3. The van der Waals surface area contributed by atoms with Gasteiger partial charge in [0.25, 0.3) is 0 Å². The van der Waals surface area contributed by atoms with E-state index in [1.54, 1.807) is 0 Å². The van der Waals surface area contributed by atoms with Crippen LogP contribution in [-0.2, 0) is 12.4 Å². The Morgan fingerprint density at radius 2 is 1.12 bits per heavy atom. The highest BCUT2D eigenvalue weighted by atomic mass is 19.4.